The van der Waals surface area contributed by atoms with Gasteiger partial charge in [-0.2, -0.15) is 8.42 Å². The van der Waals surface area contributed by atoms with Crippen LogP contribution < -0.4 is 5.32 Å². The maximum Gasteiger partial charge on any atom is 0.306 e. The Labute approximate surface area is 337 Å². The number of rotatable bonds is 25. The first-order valence-corrected chi connectivity index (χ1v) is 24.7. The van der Waals surface area contributed by atoms with Gasteiger partial charge in [-0.25, -0.2) is 0 Å². The number of carbonyl (C=O) groups excluding carboxylic acids is 2. The van der Waals surface area contributed by atoms with Crippen molar-refractivity contribution in [1.82, 2.24) is 5.32 Å². The van der Waals surface area contributed by atoms with Crippen molar-refractivity contribution < 1.29 is 27.3 Å². The summed E-state index contributed by atoms with van der Waals surface area (Å²) in [5.41, 5.74) is 0.664. The maximum absolute atomic E-state index is 12.9. The molecule has 2 N–H and O–H groups in total. The van der Waals surface area contributed by atoms with Gasteiger partial charge >= 0.3 is 5.97 Å². The molecule has 0 spiro atoms. The fourth-order valence-electron chi connectivity index (χ4n) is 12.1. The van der Waals surface area contributed by atoms with Crippen LogP contribution in [-0.2, 0) is 24.4 Å². The van der Waals surface area contributed by atoms with Crippen molar-refractivity contribution in [1.29, 1.82) is 0 Å². The monoisotopic (exact) mass is 788 g/mol. The van der Waals surface area contributed by atoms with Crippen LogP contribution in [0.15, 0.2) is 24.3 Å². The Morgan fingerprint density at radius 1 is 0.782 bits per heavy atom. The minimum absolute atomic E-state index is 0.0237. The Morgan fingerprint density at radius 3 is 2.11 bits per heavy atom. The lowest BCUT2D eigenvalue weighted by Gasteiger charge is -2.61. The molecular weight excluding hydrogens is 707 g/mol. The van der Waals surface area contributed by atoms with E-state index in [0.29, 0.717) is 41.4 Å². The van der Waals surface area contributed by atoms with Crippen LogP contribution in [0, 0.1) is 46.3 Å². The first kappa shape index (κ1) is 46.0. The Morgan fingerprint density at radius 2 is 1.42 bits per heavy atom. The highest BCUT2D eigenvalue weighted by Gasteiger charge is 2.60. The molecule has 1 amide bonds. The molecule has 0 aromatic rings. The van der Waals surface area contributed by atoms with Crippen molar-refractivity contribution >= 4 is 22.0 Å². The van der Waals surface area contributed by atoms with Gasteiger partial charge in [0.25, 0.3) is 10.1 Å². The molecule has 0 aliphatic heterocycles. The molecule has 4 aliphatic rings. The van der Waals surface area contributed by atoms with Crippen molar-refractivity contribution in [2.24, 2.45) is 46.3 Å². The third-order valence-electron chi connectivity index (χ3n) is 15.3. The summed E-state index contributed by atoms with van der Waals surface area (Å²) < 4.78 is 37.0. The summed E-state index contributed by atoms with van der Waals surface area (Å²) in [6, 6.07) is 0. The topological polar surface area (TPSA) is 110 Å². The molecule has 4 fully saturated rings. The van der Waals surface area contributed by atoms with Crippen LogP contribution in [0.2, 0.25) is 0 Å². The standard InChI is InChI=1S/C47H81NO6S/c1-5-6-7-8-9-10-11-12-13-14-15-16-17-18-19-20-21-22-23-45(50)54-39-30-32-46(3)38(36-39)25-26-40-42-28-27-41(47(42,4)33-31-43(40)46)37(2)24-29-44(49)48-34-35-55(51,52)53/h10-11,13-14,37-43H,5-9,12,15-36H2,1-4H3,(H,48,49)(H,51,52,53)/b11-10-,14-13-. The number of unbranched alkanes of at least 4 members (excludes halogenated alkanes) is 11. The van der Waals surface area contributed by atoms with Crippen molar-refractivity contribution in [3.05, 3.63) is 24.3 Å². The zero-order chi connectivity index (χ0) is 39.7. The van der Waals surface area contributed by atoms with Crippen LogP contribution >= 0.6 is 0 Å². The molecule has 55 heavy (non-hydrogen) atoms. The highest BCUT2D eigenvalue weighted by Crippen LogP contribution is 2.68. The lowest BCUT2D eigenvalue weighted by atomic mass is 9.44. The molecule has 7 nitrogen and oxygen atoms in total. The summed E-state index contributed by atoms with van der Waals surface area (Å²) in [7, 11) is -4.06. The van der Waals surface area contributed by atoms with Gasteiger partial charge in [0, 0.05) is 19.4 Å². The molecule has 0 bridgehead atoms. The smallest absolute Gasteiger partial charge is 0.306 e. The van der Waals surface area contributed by atoms with E-state index in [0.717, 1.165) is 56.3 Å². The summed E-state index contributed by atoms with van der Waals surface area (Å²) in [6.07, 6.45) is 39.4. The Balaban J connectivity index is 1.07. The molecule has 4 saturated carbocycles. The number of nitrogens with one attached hydrogen (secondary N) is 1. The van der Waals surface area contributed by atoms with Crippen LogP contribution in [0.4, 0.5) is 0 Å². The van der Waals surface area contributed by atoms with E-state index in [-0.39, 0.29) is 24.5 Å². The summed E-state index contributed by atoms with van der Waals surface area (Å²) in [6.45, 7) is 9.67. The number of amides is 1. The summed E-state index contributed by atoms with van der Waals surface area (Å²) >= 11 is 0. The number of fused-ring (bicyclic) bond motifs is 5. The van der Waals surface area contributed by atoms with Crippen LogP contribution in [0.1, 0.15) is 195 Å². The highest BCUT2D eigenvalue weighted by atomic mass is 32.2. The predicted octanol–water partition coefficient (Wildman–Crippen LogP) is 12.0. The van der Waals surface area contributed by atoms with E-state index in [9.17, 15) is 18.0 Å². The molecule has 9 atom stereocenters. The third-order valence-corrected chi connectivity index (χ3v) is 16.0. The zero-order valence-electron chi connectivity index (χ0n) is 35.5. The molecule has 4 aliphatic carbocycles. The van der Waals surface area contributed by atoms with Crippen LogP contribution in [-0.4, -0.2) is 43.2 Å². The van der Waals surface area contributed by atoms with E-state index in [2.05, 4.69) is 57.3 Å². The van der Waals surface area contributed by atoms with Crippen molar-refractivity contribution in [3.8, 4) is 0 Å². The first-order chi connectivity index (χ1) is 26.4. The number of hydrogen-bond acceptors (Lipinski definition) is 5. The maximum atomic E-state index is 12.9. The molecule has 4 rings (SSSR count). The van der Waals surface area contributed by atoms with Crippen molar-refractivity contribution in [2.45, 2.75) is 201 Å². The lowest BCUT2D eigenvalue weighted by Crippen LogP contribution is -2.54. The minimum Gasteiger partial charge on any atom is -0.462 e. The number of hydrogen-bond donors (Lipinski definition) is 2. The minimum atomic E-state index is -4.06. The molecule has 9 unspecified atom stereocenters. The van der Waals surface area contributed by atoms with Crippen LogP contribution in [0.5, 0.6) is 0 Å². The van der Waals surface area contributed by atoms with Crippen molar-refractivity contribution in [2.75, 3.05) is 12.3 Å². The van der Waals surface area contributed by atoms with Gasteiger partial charge in [-0.05, 0) is 149 Å². The largest absolute Gasteiger partial charge is 0.462 e. The fourth-order valence-corrected chi connectivity index (χ4v) is 12.5. The highest BCUT2D eigenvalue weighted by molar-refractivity contribution is 7.85. The van der Waals surface area contributed by atoms with Gasteiger partial charge in [-0.3, -0.25) is 14.1 Å². The van der Waals surface area contributed by atoms with E-state index in [1.54, 1.807) is 0 Å². The average molecular weight is 788 g/mol. The van der Waals surface area contributed by atoms with Crippen molar-refractivity contribution in [3.63, 3.8) is 0 Å². The normalized spacial score (nSPS) is 31.2. The van der Waals surface area contributed by atoms with Crippen LogP contribution in [0.25, 0.3) is 0 Å². The fraction of sp³-hybridized carbons (Fsp3) is 0.872. The molecule has 0 heterocycles. The summed E-state index contributed by atoms with van der Waals surface area (Å²) in [5.74, 6) is 3.45. The third kappa shape index (κ3) is 14.3. The zero-order valence-corrected chi connectivity index (χ0v) is 36.4. The van der Waals surface area contributed by atoms with E-state index >= 15 is 0 Å². The Hall–Kier alpha value is -1.67. The molecule has 8 heteroatoms. The average Bonchev–Trinajstić information content (AvgIpc) is 3.50. The van der Waals surface area contributed by atoms with Gasteiger partial charge in [0.2, 0.25) is 5.91 Å². The van der Waals surface area contributed by atoms with E-state index in [4.69, 9.17) is 9.29 Å². The van der Waals surface area contributed by atoms with Gasteiger partial charge in [0.05, 0.1) is 5.75 Å². The van der Waals surface area contributed by atoms with E-state index < -0.39 is 15.9 Å². The quantitative estimate of drug-likeness (QED) is 0.0413. The number of carbonyl (C=O) groups is 2. The molecule has 316 valence electrons. The molecule has 0 radical (unpaired) electrons. The second-order valence-electron chi connectivity index (χ2n) is 19.0. The van der Waals surface area contributed by atoms with Gasteiger partial charge in [-0.1, -0.05) is 103 Å². The number of esters is 1. The molecule has 0 aromatic heterocycles. The summed E-state index contributed by atoms with van der Waals surface area (Å²) in [4.78, 5) is 25.3. The molecule has 0 saturated heterocycles. The van der Waals surface area contributed by atoms with Gasteiger partial charge < -0.3 is 10.1 Å². The Kier molecular flexibility index (Phi) is 19.3. The van der Waals surface area contributed by atoms with E-state index in [1.807, 2.05) is 0 Å². The lowest BCUT2D eigenvalue weighted by molar-refractivity contribution is -0.162. The SMILES string of the molecule is CCCCCC/C=C\C/C=C\CCCCCCCCCC(=O)OC1CCC2(C)C(CCC3C2CCC2(C)C(C(C)CCC(=O)NCCS(=O)(=O)O)CCC32)C1. The van der Waals surface area contributed by atoms with E-state index in [1.165, 1.54) is 116 Å². The predicted molar refractivity (Wildman–Crippen MR) is 226 cm³/mol. The first-order valence-electron chi connectivity index (χ1n) is 23.1. The number of allylic oxidation sites excluding steroid dienone is 4. The second kappa shape index (κ2) is 23.1. The second-order valence-corrected chi connectivity index (χ2v) is 20.5. The van der Waals surface area contributed by atoms with Gasteiger partial charge in [0.1, 0.15) is 6.10 Å². The van der Waals surface area contributed by atoms with Gasteiger partial charge in [0.15, 0.2) is 0 Å². The summed E-state index contributed by atoms with van der Waals surface area (Å²) in [5, 5.41) is 2.65. The molecular formula is C47H81NO6S. The van der Waals surface area contributed by atoms with Gasteiger partial charge in [-0.15, -0.1) is 0 Å². The van der Waals surface area contributed by atoms with Crippen LogP contribution in [0.3, 0.4) is 0 Å². The number of ether oxygens (including phenoxy) is 1. The molecule has 0 aromatic carbocycles. The Bertz CT molecular complexity index is 1330.